The number of aromatic hydroxyl groups is 2. The number of hydrogen-bond donors (Lipinski definition) is 3. The molecular weight excluding hydrogens is 414 g/mol. The van der Waals surface area contributed by atoms with E-state index >= 15 is 0 Å². The van der Waals surface area contributed by atoms with Crippen LogP contribution in [-0.4, -0.2) is 68.8 Å². The molecule has 9 heteroatoms. The number of benzene rings is 2. The summed E-state index contributed by atoms with van der Waals surface area (Å²) in [6.45, 7) is 2.27. The highest BCUT2D eigenvalue weighted by atomic mass is 16.3. The van der Waals surface area contributed by atoms with Gasteiger partial charge in [0.25, 0.3) is 17.7 Å². The molecule has 0 saturated carbocycles. The van der Waals surface area contributed by atoms with E-state index in [1.54, 1.807) is 29.2 Å². The van der Waals surface area contributed by atoms with Crippen LogP contribution in [0.5, 0.6) is 11.5 Å². The van der Waals surface area contributed by atoms with Crippen LogP contribution in [0.4, 0.5) is 0 Å². The summed E-state index contributed by atoms with van der Waals surface area (Å²) in [5.74, 6) is -2.11. The number of piperidine rings is 1. The van der Waals surface area contributed by atoms with Gasteiger partial charge in [-0.25, -0.2) is 0 Å². The first-order valence-corrected chi connectivity index (χ1v) is 10.4. The Bertz CT molecular complexity index is 1050. The molecule has 166 valence electrons. The van der Waals surface area contributed by atoms with E-state index in [4.69, 9.17) is 0 Å². The molecule has 4 amide bonds. The largest absolute Gasteiger partial charge is 0.508 e. The van der Waals surface area contributed by atoms with Gasteiger partial charge in [-0.3, -0.25) is 24.1 Å². The van der Waals surface area contributed by atoms with Gasteiger partial charge in [-0.2, -0.15) is 0 Å². The van der Waals surface area contributed by atoms with Crippen LogP contribution in [0.3, 0.4) is 0 Å². The number of rotatable bonds is 4. The maximum Gasteiger partial charge on any atom is 0.262 e. The summed E-state index contributed by atoms with van der Waals surface area (Å²) >= 11 is 0. The lowest BCUT2D eigenvalue weighted by atomic mass is 10.0. The van der Waals surface area contributed by atoms with E-state index in [0.717, 1.165) is 11.0 Å². The monoisotopic (exact) mass is 437 g/mol. The molecule has 32 heavy (non-hydrogen) atoms. The lowest BCUT2D eigenvalue weighted by molar-refractivity contribution is -0.125. The molecule has 2 aliphatic rings. The average Bonchev–Trinajstić information content (AvgIpc) is 3.03. The van der Waals surface area contributed by atoms with Crippen LogP contribution >= 0.6 is 0 Å². The molecule has 0 spiro atoms. The molecule has 0 aliphatic carbocycles. The third-order valence-corrected chi connectivity index (χ3v) is 5.87. The van der Waals surface area contributed by atoms with Crippen molar-refractivity contribution < 1.29 is 29.4 Å². The van der Waals surface area contributed by atoms with Gasteiger partial charge in [0.05, 0.1) is 11.1 Å². The molecule has 2 aliphatic heterocycles. The molecule has 2 aromatic rings. The minimum Gasteiger partial charge on any atom is -0.508 e. The second kappa shape index (κ2) is 8.33. The van der Waals surface area contributed by atoms with Crippen LogP contribution in [0.15, 0.2) is 42.5 Å². The Morgan fingerprint density at radius 1 is 0.969 bits per heavy atom. The highest BCUT2D eigenvalue weighted by molar-refractivity contribution is 6.22. The summed E-state index contributed by atoms with van der Waals surface area (Å²) in [5, 5.41) is 22.1. The van der Waals surface area contributed by atoms with Gasteiger partial charge < -0.3 is 20.4 Å². The van der Waals surface area contributed by atoms with E-state index in [-0.39, 0.29) is 29.0 Å². The van der Waals surface area contributed by atoms with Crippen molar-refractivity contribution in [3.63, 3.8) is 0 Å². The molecule has 9 nitrogen and oxygen atoms in total. The Labute approximate surface area is 184 Å². The van der Waals surface area contributed by atoms with Crippen molar-refractivity contribution in [3.05, 3.63) is 59.2 Å². The SMILES string of the molecule is CC(C(=O)NC1CCN(C(=O)c2cc(O)cc(O)c2)CC1)N1C(=O)c2ccccc2C1=O. The number of nitrogens with zero attached hydrogens (tertiary/aromatic N) is 2. The molecular formula is C23H23N3O6. The topological polar surface area (TPSA) is 127 Å². The molecule has 1 saturated heterocycles. The number of likely N-dealkylation sites (tertiary alicyclic amines) is 1. The first-order valence-electron chi connectivity index (χ1n) is 10.4. The predicted molar refractivity (Wildman–Crippen MR) is 113 cm³/mol. The summed E-state index contributed by atoms with van der Waals surface area (Å²) < 4.78 is 0. The van der Waals surface area contributed by atoms with Gasteiger partial charge in [0.1, 0.15) is 17.5 Å². The number of imide groups is 1. The highest BCUT2D eigenvalue weighted by Gasteiger charge is 2.41. The van der Waals surface area contributed by atoms with E-state index in [9.17, 15) is 29.4 Å². The van der Waals surface area contributed by atoms with E-state index in [0.29, 0.717) is 37.1 Å². The number of hydrogen-bond acceptors (Lipinski definition) is 6. The maximum absolute atomic E-state index is 12.8. The lowest BCUT2D eigenvalue weighted by Gasteiger charge is -2.33. The molecule has 4 rings (SSSR count). The Kier molecular flexibility index (Phi) is 5.56. The van der Waals surface area contributed by atoms with E-state index < -0.39 is 23.8 Å². The van der Waals surface area contributed by atoms with Gasteiger partial charge in [0, 0.05) is 30.8 Å². The summed E-state index contributed by atoms with van der Waals surface area (Å²) in [4.78, 5) is 53.1. The van der Waals surface area contributed by atoms with Crippen molar-refractivity contribution in [2.24, 2.45) is 0 Å². The number of nitrogens with one attached hydrogen (secondary N) is 1. The molecule has 0 radical (unpaired) electrons. The first-order chi connectivity index (χ1) is 15.3. The smallest absolute Gasteiger partial charge is 0.262 e. The Morgan fingerprint density at radius 3 is 2.03 bits per heavy atom. The van der Waals surface area contributed by atoms with Crippen LogP contribution in [0, 0.1) is 0 Å². The van der Waals surface area contributed by atoms with Gasteiger partial charge >= 0.3 is 0 Å². The van der Waals surface area contributed by atoms with E-state index in [1.807, 2.05) is 0 Å². The summed E-state index contributed by atoms with van der Waals surface area (Å²) in [6.07, 6.45) is 0.994. The summed E-state index contributed by atoms with van der Waals surface area (Å²) in [6, 6.07) is 9.04. The van der Waals surface area contributed by atoms with Crippen molar-refractivity contribution in [2.45, 2.75) is 31.8 Å². The van der Waals surface area contributed by atoms with Gasteiger partial charge in [-0.15, -0.1) is 0 Å². The van der Waals surface area contributed by atoms with Crippen LogP contribution in [0.25, 0.3) is 0 Å². The Hall–Kier alpha value is -3.88. The number of fused-ring (bicyclic) bond motifs is 1. The number of phenols is 2. The van der Waals surface area contributed by atoms with Gasteiger partial charge in [-0.05, 0) is 44.0 Å². The van der Waals surface area contributed by atoms with Gasteiger partial charge in [0.15, 0.2) is 0 Å². The van der Waals surface area contributed by atoms with Crippen molar-refractivity contribution in [1.82, 2.24) is 15.1 Å². The quantitative estimate of drug-likeness (QED) is 0.622. The zero-order valence-electron chi connectivity index (χ0n) is 17.4. The van der Waals surface area contributed by atoms with Crippen LogP contribution in [0.2, 0.25) is 0 Å². The molecule has 1 unspecified atom stereocenters. The van der Waals surface area contributed by atoms with Crippen molar-refractivity contribution in [3.8, 4) is 11.5 Å². The molecule has 0 bridgehead atoms. The van der Waals surface area contributed by atoms with Crippen molar-refractivity contribution >= 4 is 23.6 Å². The van der Waals surface area contributed by atoms with Gasteiger partial charge in [-0.1, -0.05) is 12.1 Å². The normalized spacial score (nSPS) is 17.3. The molecule has 2 heterocycles. The second-order valence-electron chi connectivity index (χ2n) is 8.02. The Morgan fingerprint density at radius 2 is 1.50 bits per heavy atom. The summed E-state index contributed by atoms with van der Waals surface area (Å²) in [5.41, 5.74) is 0.771. The zero-order chi connectivity index (χ0) is 23.0. The Balaban J connectivity index is 1.34. The summed E-state index contributed by atoms with van der Waals surface area (Å²) in [7, 11) is 0. The second-order valence-corrected chi connectivity index (χ2v) is 8.02. The number of phenolic OH excluding ortho intramolecular Hbond substituents is 2. The molecule has 0 aromatic heterocycles. The highest BCUT2D eigenvalue weighted by Crippen LogP contribution is 2.25. The number of carbonyl (C=O) groups excluding carboxylic acids is 4. The van der Waals surface area contributed by atoms with Crippen LogP contribution in [-0.2, 0) is 4.79 Å². The van der Waals surface area contributed by atoms with Crippen LogP contribution in [0.1, 0.15) is 50.8 Å². The minimum absolute atomic E-state index is 0.184. The molecule has 2 aromatic carbocycles. The van der Waals surface area contributed by atoms with E-state index in [1.165, 1.54) is 19.1 Å². The van der Waals surface area contributed by atoms with Crippen molar-refractivity contribution in [2.75, 3.05) is 13.1 Å². The van der Waals surface area contributed by atoms with E-state index in [2.05, 4.69) is 5.32 Å². The third-order valence-electron chi connectivity index (χ3n) is 5.87. The predicted octanol–water partition coefficient (Wildman–Crippen LogP) is 1.50. The molecule has 1 fully saturated rings. The van der Waals surface area contributed by atoms with Crippen LogP contribution < -0.4 is 5.32 Å². The third kappa shape index (κ3) is 3.89. The maximum atomic E-state index is 12.8. The molecule has 3 N–H and O–H groups in total. The van der Waals surface area contributed by atoms with Crippen molar-refractivity contribution in [1.29, 1.82) is 0 Å². The lowest BCUT2D eigenvalue weighted by Crippen LogP contribution is -2.53. The van der Waals surface area contributed by atoms with Gasteiger partial charge in [0.2, 0.25) is 5.91 Å². The minimum atomic E-state index is -0.961. The average molecular weight is 437 g/mol. The fourth-order valence-electron chi connectivity index (χ4n) is 4.13. The zero-order valence-corrected chi connectivity index (χ0v) is 17.4. The fraction of sp³-hybridized carbons (Fsp3) is 0.304. The fourth-order valence-corrected chi connectivity index (χ4v) is 4.13. The first kappa shape index (κ1) is 21.4. The number of amides is 4. The standard InChI is InChI=1S/C23H23N3O6/c1-13(26-22(31)18-4-2-3-5-19(18)23(26)32)20(29)24-15-6-8-25(9-7-15)21(30)14-10-16(27)12-17(28)11-14/h2-5,10-13,15,27-28H,6-9H2,1H3,(H,24,29). The number of carbonyl (C=O) groups is 4. The molecule has 1 atom stereocenters.